The van der Waals surface area contributed by atoms with Crippen LogP contribution in [0.3, 0.4) is 0 Å². The molecule has 0 aliphatic carbocycles. The van der Waals surface area contributed by atoms with Gasteiger partial charge in [0.05, 0.1) is 29.0 Å². The van der Waals surface area contributed by atoms with Crippen LogP contribution in [0, 0.1) is 11.6 Å². The Morgan fingerprint density at radius 1 is 1.02 bits per heavy atom. The van der Waals surface area contributed by atoms with Crippen molar-refractivity contribution in [2.24, 2.45) is 7.05 Å². The molecule has 0 bridgehead atoms. The molecule has 1 amide bonds. The number of aryl methyl sites for hydroxylation is 1. The molecular formula is C31H36F4N6O3. The van der Waals surface area contributed by atoms with Crippen LogP contribution < -0.4 is 20.7 Å². The van der Waals surface area contributed by atoms with Gasteiger partial charge in [0.25, 0.3) is 17.9 Å². The Labute approximate surface area is 253 Å². The number of benzene rings is 1. The number of piperazine rings is 1. The number of amides is 1. The van der Waals surface area contributed by atoms with E-state index in [2.05, 4.69) is 15.2 Å². The van der Waals surface area contributed by atoms with E-state index in [1.807, 2.05) is 32.7 Å². The molecule has 5 rings (SSSR count). The van der Waals surface area contributed by atoms with Gasteiger partial charge in [-0.25, -0.2) is 22.5 Å². The molecule has 3 unspecified atom stereocenters. The molecule has 0 spiro atoms. The van der Waals surface area contributed by atoms with E-state index in [-0.39, 0.29) is 35.2 Å². The van der Waals surface area contributed by atoms with Crippen LogP contribution >= 0.6 is 0 Å². The maximum atomic E-state index is 16.5. The molecular weight excluding hydrogens is 580 g/mol. The Morgan fingerprint density at radius 3 is 2.34 bits per heavy atom. The summed E-state index contributed by atoms with van der Waals surface area (Å²) in [4.78, 5) is 35.8. The summed E-state index contributed by atoms with van der Waals surface area (Å²) in [6.45, 7) is 8.52. The largest absolute Gasteiger partial charge is 0.372 e. The molecule has 0 radical (unpaired) electrons. The Morgan fingerprint density at radius 2 is 1.73 bits per heavy atom. The van der Waals surface area contributed by atoms with Crippen LogP contribution in [0.1, 0.15) is 43.1 Å². The van der Waals surface area contributed by atoms with Gasteiger partial charge in [0.15, 0.2) is 5.82 Å². The zero-order valence-electron chi connectivity index (χ0n) is 25.3. The van der Waals surface area contributed by atoms with Gasteiger partial charge in [-0.2, -0.15) is 0 Å². The Balaban J connectivity index is 1.57. The quantitative estimate of drug-likeness (QED) is 0.403. The number of hydrogen-bond donors (Lipinski definition) is 1. The number of likely N-dealkylation sites (N-methyl/N-ethyl adjacent to an activating group) is 1. The molecule has 2 aliphatic heterocycles. The molecule has 3 aromatic rings. The first-order valence-electron chi connectivity index (χ1n) is 14.5. The highest BCUT2D eigenvalue weighted by Crippen LogP contribution is 2.39. The lowest BCUT2D eigenvalue weighted by atomic mass is 10.0. The summed E-state index contributed by atoms with van der Waals surface area (Å²) in [5, 5.41) is 2.44. The first kappa shape index (κ1) is 31.5. The fraction of sp³-hybridized carbons (Fsp3) is 0.452. The van der Waals surface area contributed by atoms with E-state index in [0.717, 1.165) is 16.8 Å². The van der Waals surface area contributed by atoms with Gasteiger partial charge in [-0.1, -0.05) is 0 Å². The second-order valence-corrected chi connectivity index (χ2v) is 11.6. The van der Waals surface area contributed by atoms with Crippen LogP contribution in [0.25, 0.3) is 11.1 Å². The molecule has 2 fully saturated rings. The predicted octanol–water partition coefficient (Wildman–Crippen LogP) is 4.67. The highest BCUT2D eigenvalue weighted by atomic mass is 19.3. The molecule has 3 atom stereocenters. The van der Waals surface area contributed by atoms with Crippen LogP contribution in [-0.2, 0) is 11.8 Å². The van der Waals surface area contributed by atoms with E-state index in [1.54, 1.807) is 17.0 Å². The molecule has 44 heavy (non-hydrogen) atoms. The minimum absolute atomic E-state index is 0.0104. The van der Waals surface area contributed by atoms with Crippen LogP contribution in [-0.4, -0.2) is 78.4 Å². The van der Waals surface area contributed by atoms with Gasteiger partial charge in [0, 0.05) is 81.5 Å². The number of carbonyl (C=O) groups excluding carboxylic acids is 1. The minimum atomic E-state index is -3.13. The fourth-order valence-electron chi connectivity index (χ4n) is 5.79. The second-order valence-electron chi connectivity index (χ2n) is 11.6. The maximum Gasteiger partial charge on any atom is 0.264 e. The normalized spacial score (nSPS) is 21.2. The van der Waals surface area contributed by atoms with E-state index in [4.69, 9.17) is 4.74 Å². The zero-order chi connectivity index (χ0) is 31.9. The molecule has 4 heterocycles. The number of ether oxygens (including phenoxy) is 1. The number of carbonyl (C=O) groups is 1. The summed E-state index contributed by atoms with van der Waals surface area (Å²) in [5.41, 5.74) is -2.54. The van der Waals surface area contributed by atoms with Gasteiger partial charge in [-0.3, -0.25) is 9.59 Å². The van der Waals surface area contributed by atoms with Crippen molar-refractivity contribution in [3.63, 3.8) is 0 Å². The molecule has 0 saturated carbocycles. The standard InChI is InChI=1S/C31H36F4N6O3/c1-17-13-40(9-8-38(17)4)24-11-23(32)27(20-6-7-25(36-12-20)41-14-18(2)44-19(3)15-41)28(33)29(24)37-31(43)22-16-39(5)26(42)10-21(22)30(34)35/h6-7,10-12,16-19,30H,8-9,13-15H2,1-5H3,(H,37,43). The van der Waals surface area contributed by atoms with E-state index < -0.39 is 46.2 Å². The predicted molar refractivity (Wildman–Crippen MR) is 161 cm³/mol. The average Bonchev–Trinajstić information content (AvgIpc) is 2.96. The van der Waals surface area contributed by atoms with Crippen molar-refractivity contribution in [1.82, 2.24) is 14.5 Å². The van der Waals surface area contributed by atoms with Crippen molar-refractivity contribution in [3.8, 4) is 11.1 Å². The second kappa shape index (κ2) is 12.6. The zero-order valence-corrected chi connectivity index (χ0v) is 25.3. The minimum Gasteiger partial charge on any atom is -0.372 e. The van der Waals surface area contributed by atoms with Gasteiger partial charge < -0.3 is 29.3 Å². The highest BCUT2D eigenvalue weighted by molar-refractivity contribution is 6.07. The summed E-state index contributed by atoms with van der Waals surface area (Å²) in [5.74, 6) is -2.35. The molecule has 1 aromatic carbocycles. The number of aromatic nitrogens is 2. The van der Waals surface area contributed by atoms with Crippen LogP contribution in [0.4, 0.5) is 34.8 Å². The molecule has 2 aliphatic rings. The summed E-state index contributed by atoms with van der Waals surface area (Å²) >= 11 is 0. The summed E-state index contributed by atoms with van der Waals surface area (Å²) in [6.07, 6.45) is -0.798. The number of hydrogen-bond acceptors (Lipinski definition) is 7. The van der Waals surface area contributed by atoms with Gasteiger partial charge in [0.1, 0.15) is 17.3 Å². The number of rotatable bonds is 6. The Bertz CT molecular complexity index is 1590. The third-order valence-electron chi connectivity index (χ3n) is 8.26. The molecule has 9 nitrogen and oxygen atoms in total. The van der Waals surface area contributed by atoms with Gasteiger partial charge >= 0.3 is 0 Å². The number of morpholine rings is 1. The number of anilines is 3. The van der Waals surface area contributed by atoms with Crippen LogP contribution in [0.2, 0.25) is 0 Å². The number of halogens is 4. The summed E-state index contributed by atoms with van der Waals surface area (Å²) < 4.78 is 66.7. The molecule has 2 saturated heterocycles. The van der Waals surface area contributed by atoms with Crippen molar-refractivity contribution in [3.05, 3.63) is 69.8 Å². The number of pyridine rings is 2. The third-order valence-corrected chi connectivity index (χ3v) is 8.26. The van der Waals surface area contributed by atoms with E-state index >= 15 is 8.78 Å². The van der Waals surface area contributed by atoms with Gasteiger partial charge in [-0.05, 0) is 40.0 Å². The lowest BCUT2D eigenvalue weighted by Gasteiger charge is -2.40. The first-order valence-corrected chi connectivity index (χ1v) is 14.5. The highest BCUT2D eigenvalue weighted by Gasteiger charge is 2.30. The van der Waals surface area contributed by atoms with Crippen molar-refractivity contribution in [2.45, 2.75) is 45.4 Å². The molecule has 13 heteroatoms. The summed E-state index contributed by atoms with van der Waals surface area (Å²) in [6, 6.07) is 5.10. The third kappa shape index (κ3) is 6.29. The smallest absolute Gasteiger partial charge is 0.264 e. The monoisotopic (exact) mass is 616 g/mol. The van der Waals surface area contributed by atoms with Crippen molar-refractivity contribution >= 4 is 23.1 Å². The summed E-state index contributed by atoms with van der Waals surface area (Å²) in [7, 11) is 3.26. The maximum absolute atomic E-state index is 16.5. The number of alkyl halides is 2. The van der Waals surface area contributed by atoms with Crippen LogP contribution in [0.15, 0.2) is 41.5 Å². The van der Waals surface area contributed by atoms with E-state index in [1.165, 1.54) is 13.2 Å². The molecule has 236 valence electrons. The average molecular weight is 617 g/mol. The lowest BCUT2D eigenvalue weighted by molar-refractivity contribution is -0.00546. The van der Waals surface area contributed by atoms with E-state index in [9.17, 15) is 18.4 Å². The van der Waals surface area contributed by atoms with E-state index in [0.29, 0.717) is 44.6 Å². The number of nitrogens with zero attached hydrogens (tertiary/aromatic N) is 5. The first-order chi connectivity index (χ1) is 20.8. The Kier molecular flexibility index (Phi) is 8.98. The molecule has 2 aromatic heterocycles. The van der Waals surface area contributed by atoms with Crippen molar-refractivity contribution in [2.75, 3.05) is 54.9 Å². The van der Waals surface area contributed by atoms with Crippen molar-refractivity contribution < 1.29 is 27.1 Å². The van der Waals surface area contributed by atoms with Gasteiger partial charge in [0.2, 0.25) is 0 Å². The van der Waals surface area contributed by atoms with Crippen molar-refractivity contribution in [1.29, 1.82) is 0 Å². The van der Waals surface area contributed by atoms with Gasteiger partial charge in [-0.15, -0.1) is 0 Å². The fourth-order valence-corrected chi connectivity index (χ4v) is 5.79. The lowest BCUT2D eigenvalue weighted by Crippen LogP contribution is -2.50. The number of nitrogens with one attached hydrogen (secondary N) is 1. The topological polar surface area (TPSA) is 82.9 Å². The SMILES string of the molecule is CC1CN(c2ccc(-c3c(F)cc(N4CCN(C)C(C)C4)c(NC(=O)c4cn(C)c(=O)cc4C(F)F)c3F)cn2)CC(C)O1. The molecule has 1 N–H and O–H groups in total. The van der Waals surface area contributed by atoms with Crippen LogP contribution in [0.5, 0.6) is 0 Å². The Hall–Kier alpha value is -3.97.